The Morgan fingerprint density at radius 1 is 1.05 bits per heavy atom. The van der Waals surface area contributed by atoms with Crippen LogP contribution in [0.2, 0.25) is 0 Å². The van der Waals surface area contributed by atoms with E-state index in [0.717, 1.165) is 29.8 Å². The van der Waals surface area contributed by atoms with E-state index in [1.807, 2.05) is 0 Å². The van der Waals surface area contributed by atoms with Gasteiger partial charge in [-0.05, 0) is 78.9 Å². The van der Waals surface area contributed by atoms with Gasteiger partial charge in [-0.1, -0.05) is 17.7 Å². The highest BCUT2D eigenvalue weighted by atomic mass is 19.1. The number of benzene rings is 2. The van der Waals surface area contributed by atoms with Crippen molar-refractivity contribution >= 4 is 23.8 Å². The van der Waals surface area contributed by atoms with E-state index in [1.54, 1.807) is 38.4 Å². The highest BCUT2D eigenvalue weighted by Gasteiger charge is 2.24. The quantitative estimate of drug-likeness (QED) is 0.381. The number of aryl methyl sites for hydroxylation is 1. The van der Waals surface area contributed by atoms with Crippen LogP contribution in [0.1, 0.15) is 53.0 Å². The van der Waals surface area contributed by atoms with Crippen LogP contribution in [0.3, 0.4) is 0 Å². The fourth-order valence-electron chi connectivity index (χ4n) is 4.72. The Bertz CT molecular complexity index is 1630. The van der Waals surface area contributed by atoms with E-state index >= 15 is 0 Å². The Balaban J connectivity index is 1.76. The van der Waals surface area contributed by atoms with Crippen LogP contribution in [-0.2, 0) is 16.0 Å². The smallest absolute Gasteiger partial charge is 0.251 e. The number of pyridine rings is 1. The zero-order chi connectivity index (χ0) is 30.4. The minimum Gasteiger partial charge on any atom is -0.366 e. The number of nitrogens with zero attached hydrogens (tertiary/aromatic N) is 2. The van der Waals surface area contributed by atoms with Crippen LogP contribution >= 0.6 is 0 Å². The molecule has 1 aliphatic heterocycles. The number of hydrogen-bond acceptors (Lipinski definition) is 5. The number of ketones is 1. The van der Waals surface area contributed by atoms with Gasteiger partial charge in [-0.2, -0.15) is 0 Å². The number of halogens is 3. The summed E-state index contributed by atoms with van der Waals surface area (Å²) < 4.78 is 42.5. The van der Waals surface area contributed by atoms with E-state index in [2.05, 4.69) is 15.3 Å². The average Bonchev–Trinajstić information content (AvgIpc) is 2.98. The zero-order valence-electron chi connectivity index (χ0n) is 23.1. The van der Waals surface area contributed by atoms with Gasteiger partial charge in [0.2, 0.25) is 5.91 Å². The summed E-state index contributed by atoms with van der Waals surface area (Å²) in [6.45, 7) is 3.83. The average molecular weight is 575 g/mol. The molecule has 0 aliphatic carbocycles. The summed E-state index contributed by atoms with van der Waals surface area (Å²) >= 11 is 0. The molecule has 2 aromatic carbocycles. The largest absolute Gasteiger partial charge is 0.366 e. The fourth-order valence-corrected chi connectivity index (χ4v) is 4.72. The summed E-state index contributed by atoms with van der Waals surface area (Å²) in [6.07, 6.45) is 6.22. The number of allylic oxidation sites excluding steroid dienone is 2. The molecular weight excluding hydrogens is 545 g/mol. The third-order valence-electron chi connectivity index (χ3n) is 6.73. The number of aliphatic imine (C=N–C) groups is 1. The number of carbonyl (C=O) groups is 3. The van der Waals surface area contributed by atoms with Crippen LogP contribution in [0.25, 0.3) is 11.1 Å². The third kappa shape index (κ3) is 7.66. The van der Waals surface area contributed by atoms with Gasteiger partial charge in [-0.3, -0.25) is 24.4 Å². The van der Waals surface area contributed by atoms with Crippen molar-refractivity contribution in [3.8, 4) is 11.1 Å². The lowest BCUT2D eigenvalue weighted by Gasteiger charge is -2.22. The van der Waals surface area contributed by atoms with E-state index in [0.29, 0.717) is 34.5 Å². The van der Waals surface area contributed by atoms with Gasteiger partial charge in [0.05, 0.1) is 30.3 Å². The molecule has 0 saturated carbocycles. The first-order valence-corrected chi connectivity index (χ1v) is 13.2. The number of rotatable bonds is 8. The predicted molar refractivity (Wildman–Crippen MR) is 153 cm³/mol. The lowest BCUT2D eigenvalue weighted by molar-refractivity contribution is -0.121. The molecule has 42 heavy (non-hydrogen) atoms. The molecule has 1 aromatic heterocycles. The molecule has 0 bridgehead atoms. The number of nitrogens with one attached hydrogen (secondary N) is 1. The van der Waals surface area contributed by atoms with Crippen LogP contribution in [0.15, 0.2) is 77.0 Å². The molecule has 1 atom stereocenters. The summed E-state index contributed by atoms with van der Waals surface area (Å²) in [6, 6.07) is 7.79. The molecule has 0 spiro atoms. The van der Waals surface area contributed by atoms with E-state index in [4.69, 9.17) is 5.73 Å². The summed E-state index contributed by atoms with van der Waals surface area (Å²) in [7, 11) is 0. The Morgan fingerprint density at radius 2 is 1.79 bits per heavy atom. The molecule has 216 valence electrons. The molecule has 0 radical (unpaired) electrons. The fraction of sp³-hybridized carbons (Fsp3) is 0.219. The molecule has 2 heterocycles. The molecule has 7 nitrogen and oxygen atoms in total. The van der Waals surface area contributed by atoms with E-state index in [-0.39, 0.29) is 36.2 Å². The molecule has 1 aliphatic rings. The van der Waals surface area contributed by atoms with Crippen molar-refractivity contribution in [1.82, 2.24) is 10.3 Å². The first-order valence-electron chi connectivity index (χ1n) is 13.2. The van der Waals surface area contributed by atoms with E-state index in [9.17, 15) is 27.6 Å². The second-order valence-electron chi connectivity index (χ2n) is 10.1. The highest BCUT2D eigenvalue weighted by molar-refractivity contribution is 5.96. The molecule has 4 rings (SSSR count). The van der Waals surface area contributed by atoms with Gasteiger partial charge >= 0.3 is 0 Å². The van der Waals surface area contributed by atoms with Crippen molar-refractivity contribution in [1.29, 1.82) is 0 Å². The number of carbonyl (C=O) groups excluding carboxylic acids is 3. The maximum absolute atomic E-state index is 14.3. The zero-order valence-corrected chi connectivity index (χ0v) is 23.1. The lowest BCUT2D eigenvalue weighted by atomic mass is 9.93. The number of amides is 2. The van der Waals surface area contributed by atoms with Crippen molar-refractivity contribution in [2.45, 2.75) is 39.2 Å². The molecule has 0 saturated heterocycles. The standard InChI is InChI=1S/C32H29F3N4O3/c1-18-8-26(21-5-6-28(35)27(13-21)32(36)42)31(38-16-18)29(12-20-10-23(33)15-24(34)11-20)39-30(41)14-22-17-37-7-3-4-25(40)9-19(22)2/h3-6,8,10-11,13,15-17,29H,7,9,12,14H2,1-2H3,(H2,36,42)(H,39,41)/b4-3-,22-19+,37-17?. The van der Waals surface area contributed by atoms with Gasteiger partial charge in [0.15, 0.2) is 5.78 Å². The number of hydrogen-bond donors (Lipinski definition) is 2. The minimum atomic E-state index is -0.953. The second-order valence-corrected chi connectivity index (χ2v) is 10.1. The third-order valence-corrected chi connectivity index (χ3v) is 6.73. The summed E-state index contributed by atoms with van der Waals surface area (Å²) in [5, 5.41) is 2.92. The molecule has 2 amide bonds. The summed E-state index contributed by atoms with van der Waals surface area (Å²) in [5.74, 6) is -3.85. The lowest BCUT2D eigenvalue weighted by Crippen LogP contribution is -2.31. The van der Waals surface area contributed by atoms with Gasteiger partial charge in [0, 0.05) is 30.5 Å². The van der Waals surface area contributed by atoms with Gasteiger partial charge in [-0.15, -0.1) is 0 Å². The number of aromatic nitrogens is 1. The van der Waals surface area contributed by atoms with Crippen LogP contribution in [0.5, 0.6) is 0 Å². The van der Waals surface area contributed by atoms with E-state index in [1.165, 1.54) is 18.2 Å². The van der Waals surface area contributed by atoms with Crippen molar-refractivity contribution in [2.24, 2.45) is 10.7 Å². The molecule has 3 N–H and O–H groups in total. The molecule has 3 aromatic rings. The predicted octanol–water partition coefficient (Wildman–Crippen LogP) is 5.28. The second kappa shape index (κ2) is 13.2. The van der Waals surface area contributed by atoms with Gasteiger partial charge in [-0.25, -0.2) is 13.2 Å². The maximum atomic E-state index is 14.3. The van der Waals surface area contributed by atoms with Crippen LogP contribution in [-0.4, -0.2) is 35.3 Å². The van der Waals surface area contributed by atoms with Gasteiger partial charge < -0.3 is 11.1 Å². The topological polar surface area (TPSA) is 115 Å². The molecule has 0 fully saturated rings. The van der Waals surface area contributed by atoms with Gasteiger partial charge in [0.25, 0.3) is 5.91 Å². The van der Waals surface area contributed by atoms with Crippen LogP contribution in [0, 0.1) is 24.4 Å². The number of primary amides is 1. The first kappa shape index (κ1) is 30.1. The normalized spacial score (nSPS) is 16.7. The Kier molecular flexibility index (Phi) is 9.46. The minimum absolute atomic E-state index is 0.0398. The first-order chi connectivity index (χ1) is 20.0. The van der Waals surface area contributed by atoms with Crippen LogP contribution < -0.4 is 11.1 Å². The Hall–Kier alpha value is -4.86. The number of nitrogens with two attached hydrogens (primary N) is 1. The van der Waals surface area contributed by atoms with E-state index < -0.39 is 35.3 Å². The van der Waals surface area contributed by atoms with Gasteiger partial charge in [0.1, 0.15) is 17.5 Å². The Labute approximate surface area is 241 Å². The van der Waals surface area contributed by atoms with Crippen molar-refractivity contribution < 1.29 is 27.6 Å². The van der Waals surface area contributed by atoms with Crippen molar-refractivity contribution in [2.75, 3.05) is 6.54 Å². The van der Waals surface area contributed by atoms with Crippen LogP contribution in [0.4, 0.5) is 13.2 Å². The maximum Gasteiger partial charge on any atom is 0.251 e. The molecular formula is C32H29F3N4O3. The molecule has 10 heteroatoms. The molecule has 1 unspecified atom stereocenters. The summed E-state index contributed by atoms with van der Waals surface area (Å²) in [4.78, 5) is 46.2. The monoisotopic (exact) mass is 574 g/mol. The SMILES string of the molecule is C/C1=C(/CC(=O)NC(Cc2cc(F)cc(F)c2)c2ncc(C)cc2-c2ccc(F)c(C(N)=O)c2)C=NC/C=C\C(=O)C1. The summed E-state index contributed by atoms with van der Waals surface area (Å²) in [5.41, 5.74) is 8.51. The van der Waals surface area contributed by atoms with Crippen molar-refractivity contribution in [3.63, 3.8) is 0 Å². The highest BCUT2D eigenvalue weighted by Crippen LogP contribution is 2.31. The Morgan fingerprint density at radius 3 is 2.50 bits per heavy atom. The van der Waals surface area contributed by atoms with Crippen molar-refractivity contribution in [3.05, 3.63) is 112 Å².